The van der Waals surface area contributed by atoms with Crippen molar-refractivity contribution in [3.63, 3.8) is 0 Å². The zero-order valence-electron chi connectivity index (χ0n) is 9.63. The second-order valence-corrected chi connectivity index (χ2v) is 5.49. The van der Waals surface area contributed by atoms with Gasteiger partial charge in [-0.05, 0) is 59.3 Å². The number of benzene rings is 1. The molecule has 0 aliphatic heterocycles. The highest BCUT2D eigenvalue weighted by Crippen LogP contribution is 2.20. The fourth-order valence-corrected chi connectivity index (χ4v) is 2.62. The van der Waals surface area contributed by atoms with Crippen molar-refractivity contribution in [2.75, 3.05) is 0 Å². The van der Waals surface area contributed by atoms with Crippen LogP contribution in [0.1, 0.15) is 31.2 Å². The van der Waals surface area contributed by atoms with Crippen molar-refractivity contribution >= 4 is 15.9 Å². The molecule has 0 spiro atoms. The van der Waals surface area contributed by atoms with Crippen LogP contribution in [0.3, 0.4) is 0 Å². The van der Waals surface area contributed by atoms with Crippen molar-refractivity contribution in [3.8, 4) is 0 Å². The monoisotopic (exact) mass is 301 g/mol. The van der Waals surface area contributed by atoms with E-state index in [1.807, 2.05) is 0 Å². The van der Waals surface area contributed by atoms with Gasteiger partial charge in [0.05, 0.1) is 10.6 Å². The lowest BCUT2D eigenvalue weighted by atomic mass is 9.93. The summed E-state index contributed by atoms with van der Waals surface area (Å²) in [5, 5.41) is 12.9. The van der Waals surface area contributed by atoms with Gasteiger partial charge in [0.1, 0.15) is 5.82 Å². The minimum atomic E-state index is -0.227. The number of halogens is 2. The third-order valence-electron chi connectivity index (χ3n) is 3.28. The Morgan fingerprint density at radius 1 is 1.29 bits per heavy atom. The lowest BCUT2D eigenvalue weighted by Crippen LogP contribution is -2.34. The molecular formula is C13H17BrFNO. The molecule has 0 bridgehead atoms. The van der Waals surface area contributed by atoms with Gasteiger partial charge in [0.25, 0.3) is 0 Å². The van der Waals surface area contributed by atoms with Crippen LogP contribution in [0, 0.1) is 5.82 Å². The second kappa shape index (κ2) is 5.94. The summed E-state index contributed by atoms with van der Waals surface area (Å²) in [6, 6.07) is 5.55. The van der Waals surface area contributed by atoms with E-state index in [4.69, 9.17) is 0 Å². The highest BCUT2D eigenvalue weighted by atomic mass is 79.9. The van der Waals surface area contributed by atoms with Crippen molar-refractivity contribution in [1.29, 1.82) is 0 Å². The molecule has 0 heterocycles. The summed E-state index contributed by atoms with van der Waals surface area (Å²) < 4.78 is 13.6. The van der Waals surface area contributed by atoms with Crippen LogP contribution in [0.15, 0.2) is 22.7 Å². The number of hydrogen-bond acceptors (Lipinski definition) is 2. The zero-order valence-corrected chi connectivity index (χ0v) is 11.2. The van der Waals surface area contributed by atoms with Crippen molar-refractivity contribution in [2.45, 2.75) is 44.4 Å². The number of hydrogen-bond donors (Lipinski definition) is 2. The third-order valence-corrected chi connectivity index (χ3v) is 3.88. The standard InChI is InChI=1S/C13H17BrFNO/c14-12-7-9(1-6-13(12)15)8-16-10-2-4-11(17)5-3-10/h1,6-7,10-11,16-17H,2-5,8H2. The zero-order chi connectivity index (χ0) is 12.3. The second-order valence-electron chi connectivity index (χ2n) is 4.63. The van der Waals surface area contributed by atoms with Gasteiger partial charge >= 0.3 is 0 Å². The van der Waals surface area contributed by atoms with Crippen LogP contribution in [-0.4, -0.2) is 17.3 Å². The van der Waals surface area contributed by atoms with E-state index in [0.29, 0.717) is 10.5 Å². The molecule has 94 valence electrons. The number of aliphatic hydroxyl groups is 1. The Morgan fingerprint density at radius 2 is 2.00 bits per heavy atom. The van der Waals surface area contributed by atoms with Gasteiger partial charge in [0, 0.05) is 12.6 Å². The molecule has 0 saturated heterocycles. The number of rotatable bonds is 3. The molecule has 1 fully saturated rings. The van der Waals surface area contributed by atoms with Crippen molar-refractivity contribution in [2.24, 2.45) is 0 Å². The summed E-state index contributed by atoms with van der Waals surface area (Å²) in [7, 11) is 0. The number of aliphatic hydroxyl groups excluding tert-OH is 1. The summed E-state index contributed by atoms with van der Waals surface area (Å²) >= 11 is 3.18. The normalized spacial score (nSPS) is 24.9. The van der Waals surface area contributed by atoms with Gasteiger partial charge in [-0.25, -0.2) is 4.39 Å². The molecule has 0 aromatic heterocycles. The van der Waals surface area contributed by atoms with Gasteiger partial charge in [-0.15, -0.1) is 0 Å². The highest BCUT2D eigenvalue weighted by Gasteiger charge is 2.18. The van der Waals surface area contributed by atoms with Gasteiger partial charge in [0.15, 0.2) is 0 Å². The molecular weight excluding hydrogens is 285 g/mol. The van der Waals surface area contributed by atoms with Crippen molar-refractivity contribution in [1.82, 2.24) is 5.32 Å². The quantitative estimate of drug-likeness (QED) is 0.899. The first-order valence-electron chi connectivity index (χ1n) is 6.00. The van der Waals surface area contributed by atoms with Crippen LogP contribution in [0.25, 0.3) is 0 Å². The van der Waals surface area contributed by atoms with Crippen molar-refractivity contribution < 1.29 is 9.50 Å². The van der Waals surface area contributed by atoms with E-state index in [2.05, 4.69) is 21.2 Å². The molecule has 1 aliphatic rings. The summed E-state index contributed by atoms with van der Waals surface area (Å²) in [6.45, 7) is 0.750. The smallest absolute Gasteiger partial charge is 0.137 e. The van der Waals surface area contributed by atoms with Crippen LogP contribution in [0.4, 0.5) is 4.39 Å². The lowest BCUT2D eigenvalue weighted by molar-refractivity contribution is 0.116. The van der Waals surface area contributed by atoms with E-state index in [1.165, 1.54) is 6.07 Å². The van der Waals surface area contributed by atoms with Crippen LogP contribution >= 0.6 is 15.9 Å². The predicted molar refractivity (Wildman–Crippen MR) is 69.2 cm³/mol. The third kappa shape index (κ3) is 3.76. The fraction of sp³-hybridized carbons (Fsp3) is 0.538. The van der Waals surface area contributed by atoms with E-state index in [9.17, 15) is 9.50 Å². The minimum Gasteiger partial charge on any atom is -0.393 e. The Hall–Kier alpha value is -0.450. The molecule has 1 saturated carbocycles. The minimum absolute atomic E-state index is 0.118. The van der Waals surface area contributed by atoms with Crippen LogP contribution in [0.2, 0.25) is 0 Å². The average Bonchev–Trinajstić information content (AvgIpc) is 2.33. The molecule has 4 heteroatoms. The maximum atomic E-state index is 13.0. The summed E-state index contributed by atoms with van der Waals surface area (Å²) in [5.74, 6) is -0.227. The highest BCUT2D eigenvalue weighted by molar-refractivity contribution is 9.10. The predicted octanol–water partition coefficient (Wildman–Crippen LogP) is 2.98. The average molecular weight is 302 g/mol. The molecule has 2 rings (SSSR count). The topological polar surface area (TPSA) is 32.3 Å². The summed E-state index contributed by atoms with van der Waals surface area (Å²) in [6.07, 6.45) is 3.68. The van der Waals surface area contributed by atoms with E-state index < -0.39 is 0 Å². The van der Waals surface area contributed by atoms with Gasteiger partial charge in [-0.1, -0.05) is 6.07 Å². The molecule has 1 aromatic carbocycles. The largest absolute Gasteiger partial charge is 0.393 e. The molecule has 2 nitrogen and oxygen atoms in total. The Balaban J connectivity index is 1.83. The first kappa shape index (κ1) is 13.0. The molecule has 0 radical (unpaired) electrons. The first-order chi connectivity index (χ1) is 8.15. The Kier molecular flexibility index (Phi) is 4.54. The SMILES string of the molecule is OC1CCC(NCc2ccc(F)c(Br)c2)CC1. The number of nitrogens with one attached hydrogen (secondary N) is 1. The van der Waals surface area contributed by atoms with Gasteiger partial charge in [-0.3, -0.25) is 0 Å². The maximum Gasteiger partial charge on any atom is 0.137 e. The van der Waals surface area contributed by atoms with Crippen molar-refractivity contribution in [3.05, 3.63) is 34.1 Å². The Bertz CT molecular complexity index is 378. The lowest BCUT2D eigenvalue weighted by Gasteiger charge is -2.26. The Labute approximate surface area is 109 Å². The van der Waals surface area contributed by atoms with E-state index in [-0.39, 0.29) is 11.9 Å². The van der Waals surface area contributed by atoms with E-state index in [0.717, 1.165) is 37.8 Å². The molecule has 2 N–H and O–H groups in total. The van der Waals surface area contributed by atoms with Crippen LogP contribution in [-0.2, 0) is 6.54 Å². The molecule has 0 atom stereocenters. The Morgan fingerprint density at radius 3 is 2.65 bits per heavy atom. The fourth-order valence-electron chi connectivity index (χ4n) is 2.19. The molecule has 1 aliphatic carbocycles. The van der Waals surface area contributed by atoms with E-state index >= 15 is 0 Å². The van der Waals surface area contributed by atoms with Crippen LogP contribution in [0.5, 0.6) is 0 Å². The van der Waals surface area contributed by atoms with Gasteiger partial charge in [0.2, 0.25) is 0 Å². The molecule has 17 heavy (non-hydrogen) atoms. The summed E-state index contributed by atoms with van der Waals surface area (Å²) in [5.41, 5.74) is 1.07. The van der Waals surface area contributed by atoms with Gasteiger partial charge < -0.3 is 10.4 Å². The first-order valence-corrected chi connectivity index (χ1v) is 6.80. The van der Waals surface area contributed by atoms with Gasteiger partial charge in [-0.2, -0.15) is 0 Å². The molecule has 0 amide bonds. The van der Waals surface area contributed by atoms with E-state index in [1.54, 1.807) is 12.1 Å². The maximum absolute atomic E-state index is 13.0. The molecule has 1 aromatic rings. The molecule has 0 unspecified atom stereocenters. The summed E-state index contributed by atoms with van der Waals surface area (Å²) in [4.78, 5) is 0. The van der Waals surface area contributed by atoms with Crippen LogP contribution < -0.4 is 5.32 Å².